The summed E-state index contributed by atoms with van der Waals surface area (Å²) in [7, 11) is 0. The van der Waals surface area contributed by atoms with E-state index in [-0.39, 0.29) is 18.2 Å². The Morgan fingerprint density at radius 3 is 2.80 bits per heavy atom. The first-order valence-corrected chi connectivity index (χ1v) is 8.99. The highest BCUT2D eigenvalue weighted by molar-refractivity contribution is 7.09. The first-order chi connectivity index (χ1) is 11.9. The first-order valence-electron chi connectivity index (χ1n) is 8.11. The van der Waals surface area contributed by atoms with E-state index < -0.39 is 0 Å². The number of hydrazone groups is 1. The van der Waals surface area contributed by atoms with Crippen LogP contribution in [0.1, 0.15) is 34.7 Å². The van der Waals surface area contributed by atoms with Gasteiger partial charge in [0, 0.05) is 23.9 Å². The van der Waals surface area contributed by atoms with Crippen LogP contribution in [-0.4, -0.2) is 22.5 Å². The van der Waals surface area contributed by atoms with Crippen LogP contribution in [0.25, 0.3) is 0 Å². The van der Waals surface area contributed by atoms with E-state index in [0.717, 1.165) is 27.5 Å². The van der Waals surface area contributed by atoms with E-state index in [1.165, 1.54) is 16.3 Å². The summed E-state index contributed by atoms with van der Waals surface area (Å²) in [4.78, 5) is 29.0. The fraction of sp³-hybridized carbons (Fsp3) is 0.333. The summed E-state index contributed by atoms with van der Waals surface area (Å²) in [5.41, 5.74) is 4.03. The lowest BCUT2D eigenvalue weighted by molar-refractivity contribution is -0.119. The molecule has 6 nitrogen and oxygen atoms in total. The Bertz CT molecular complexity index is 857. The van der Waals surface area contributed by atoms with Crippen LogP contribution in [-0.2, 0) is 16.1 Å². The molecule has 0 saturated carbocycles. The van der Waals surface area contributed by atoms with Gasteiger partial charge in [-0.05, 0) is 38.0 Å². The van der Waals surface area contributed by atoms with Gasteiger partial charge in [-0.3, -0.25) is 9.59 Å². The highest BCUT2D eigenvalue weighted by Crippen LogP contribution is 2.25. The van der Waals surface area contributed by atoms with Gasteiger partial charge >= 0.3 is 0 Å². The fourth-order valence-electron chi connectivity index (χ4n) is 2.59. The van der Waals surface area contributed by atoms with Gasteiger partial charge in [-0.15, -0.1) is 11.3 Å². The van der Waals surface area contributed by atoms with Crippen LogP contribution in [0.2, 0.25) is 0 Å². The van der Waals surface area contributed by atoms with Crippen molar-refractivity contribution in [2.75, 3.05) is 5.01 Å². The normalized spacial score (nSPS) is 14.4. The minimum atomic E-state index is -0.254. The zero-order valence-electron chi connectivity index (χ0n) is 14.5. The molecule has 2 aromatic rings. The Kier molecular flexibility index (Phi) is 4.94. The lowest BCUT2D eigenvalue weighted by Crippen LogP contribution is -2.39. The first kappa shape index (κ1) is 17.3. The van der Waals surface area contributed by atoms with Gasteiger partial charge in [0.25, 0.3) is 5.91 Å². The van der Waals surface area contributed by atoms with Crippen LogP contribution in [0.5, 0.6) is 0 Å². The van der Waals surface area contributed by atoms with Crippen LogP contribution < -0.4 is 10.3 Å². The third kappa shape index (κ3) is 3.93. The number of rotatable bonds is 4. The zero-order valence-corrected chi connectivity index (χ0v) is 15.3. The van der Waals surface area contributed by atoms with Gasteiger partial charge in [-0.25, -0.2) is 9.99 Å². The molecule has 1 aliphatic rings. The van der Waals surface area contributed by atoms with Gasteiger partial charge in [-0.2, -0.15) is 5.10 Å². The Hall–Kier alpha value is -2.54. The van der Waals surface area contributed by atoms with Crippen LogP contribution >= 0.6 is 11.3 Å². The van der Waals surface area contributed by atoms with Crippen molar-refractivity contribution in [2.45, 2.75) is 40.2 Å². The number of aryl methyl sites for hydroxylation is 3. The minimum absolute atomic E-state index is 0.0965. The number of thiazole rings is 1. The lowest BCUT2D eigenvalue weighted by Gasteiger charge is -2.24. The van der Waals surface area contributed by atoms with Crippen molar-refractivity contribution >= 4 is 34.6 Å². The van der Waals surface area contributed by atoms with E-state index >= 15 is 0 Å². The molecule has 2 heterocycles. The number of carbonyl (C=O) groups is 2. The molecule has 7 heteroatoms. The molecule has 0 spiro atoms. The van der Waals surface area contributed by atoms with Gasteiger partial charge < -0.3 is 5.32 Å². The largest absolute Gasteiger partial charge is 0.344 e. The number of nitrogens with one attached hydrogen (secondary N) is 1. The summed E-state index contributed by atoms with van der Waals surface area (Å²) in [6, 6.07) is 5.85. The van der Waals surface area contributed by atoms with E-state index in [1.807, 2.05) is 44.4 Å². The average Bonchev–Trinajstić information content (AvgIpc) is 3.01. The molecular weight excluding hydrogens is 336 g/mol. The van der Waals surface area contributed by atoms with E-state index in [2.05, 4.69) is 15.4 Å². The van der Waals surface area contributed by atoms with Gasteiger partial charge in [-0.1, -0.05) is 12.1 Å². The maximum atomic E-state index is 12.4. The number of hydrogen-bond acceptors (Lipinski definition) is 5. The van der Waals surface area contributed by atoms with Crippen molar-refractivity contribution in [3.8, 4) is 0 Å². The maximum Gasteiger partial charge on any atom is 0.267 e. The van der Waals surface area contributed by atoms with Crippen LogP contribution in [0.15, 0.2) is 28.7 Å². The summed E-state index contributed by atoms with van der Waals surface area (Å²) in [5, 5.41) is 11.3. The smallest absolute Gasteiger partial charge is 0.267 e. The molecule has 0 fully saturated rings. The number of nitrogens with zero attached hydrogens (tertiary/aromatic N) is 3. The molecule has 0 unspecified atom stereocenters. The van der Waals surface area contributed by atoms with E-state index in [1.54, 1.807) is 0 Å². The van der Waals surface area contributed by atoms with Crippen LogP contribution in [0, 0.1) is 20.8 Å². The molecule has 2 amide bonds. The number of hydrogen-bond donors (Lipinski definition) is 1. The topological polar surface area (TPSA) is 74.7 Å². The monoisotopic (exact) mass is 356 g/mol. The second-order valence-electron chi connectivity index (χ2n) is 6.11. The van der Waals surface area contributed by atoms with Crippen molar-refractivity contribution in [3.63, 3.8) is 0 Å². The van der Waals surface area contributed by atoms with Crippen molar-refractivity contribution < 1.29 is 9.59 Å². The number of benzene rings is 1. The molecule has 1 aliphatic heterocycles. The quantitative estimate of drug-likeness (QED) is 0.915. The number of amides is 2. The van der Waals surface area contributed by atoms with E-state index in [9.17, 15) is 9.59 Å². The molecule has 25 heavy (non-hydrogen) atoms. The molecular formula is C18H20N4O2S. The Morgan fingerprint density at radius 1 is 1.28 bits per heavy atom. The predicted octanol–water partition coefficient (Wildman–Crippen LogP) is 2.87. The molecule has 0 aliphatic carbocycles. The average molecular weight is 356 g/mol. The standard InChI is InChI=1S/C18H20N4O2S/c1-11-4-5-12(2)15(8-11)22-17(23)7-6-14(21-22)18(24)19-9-16-20-13(3)10-25-16/h4-5,8,10H,6-7,9H2,1-3H3,(H,19,24). The summed E-state index contributed by atoms with van der Waals surface area (Å²) >= 11 is 1.51. The predicted molar refractivity (Wildman–Crippen MR) is 98.8 cm³/mol. The molecule has 1 N–H and O–H groups in total. The number of anilines is 1. The summed E-state index contributed by atoms with van der Waals surface area (Å²) in [6.45, 7) is 6.18. The zero-order chi connectivity index (χ0) is 18.0. The molecule has 0 saturated heterocycles. The highest BCUT2D eigenvalue weighted by Gasteiger charge is 2.26. The second-order valence-corrected chi connectivity index (χ2v) is 7.05. The number of aromatic nitrogens is 1. The second kappa shape index (κ2) is 7.14. The van der Waals surface area contributed by atoms with Gasteiger partial charge in [0.1, 0.15) is 10.7 Å². The van der Waals surface area contributed by atoms with Gasteiger partial charge in [0.15, 0.2) is 0 Å². The van der Waals surface area contributed by atoms with Crippen LogP contribution in [0.4, 0.5) is 5.69 Å². The number of carbonyl (C=O) groups excluding carboxylic acids is 2. The Balaban J connectivity index is 1.78. The summed E-state index contributed by atoms with van der Waals surface area (Å²) < 4.78 is 0. The molecule has 130 valence electrons. The fourth-order valence-corrected chi connectivity index (χ4v) is 3.31. The maximum absolute atomic E-state index is 12.4. The van der Waals surface area contributed by atoms with Gasteiger partial charge in [0.05, 0.1) is 12.2 Å². The molecule has 3 rings (SSSR count). The lowest BCUT2D eigenvalue weighted by atomic mass is 10.1. The third-order valence-corrected chi connectivity index (χ3v) is 4.92. The van der Waals surface area contributed by atoms with Crippen molar-refractivity contribution in [1.29, 1.82) is 0 Å². The van der Waals surface area contributed by atoms with E-state index in [0.29, 0.717) is 18.7 Å². The van der Waals surface area contributed by atoms with Crippen molar-refractivity contribution in [1.82, 2.24) is 10.3 Å². The molecule has 0 atom stereocenters. The van der Waals surface area contributed by atoms with Gasteiger partial charge in [0.2, 0.25) is 5.91 Å². The Morgan fingerprint density at radius 2 is 2.08 bits per heavy atom. The minimum Gasteiger partial charge on any atom is -0.344 e. The highest BCUT2D eigenvalue weighted by atomic mass is 32.1. The SMILES string of the molecule is Cc1ccc(C)c(N2N=C(C(=O)NCc3nc(C)cs3)CCC2=O)c1. The molecule has 0 radical (unpaired) electrons. The molecule has 1 aromatic heterocycles. The van der Waals surface area contributed by atoms with Crippen molar-refractivity contribution in [2.24, 2.45) is 5.10 Å². The molecule has 0 bridgehead atoms. The Labute approximate surface area is 150 Å². The van der Waals surface area contributed by atoms with E-state index in [4.69, 9.17) is 0 Å². The summed E-state index contributed by atoms with van der Waals surface area (Å²) in [5.74, 6) is -0.351. The third-order valence-electron chi connectivity index (χ3n) is 3.95. The summed E-state index contributed by atoms with van der Waals surface area (Å²) in [6.07, 6.45) is 0.624. The molecule has 1 aromatic carbocycles. The van der Waals surface area contributed by atoms with Crippen LogP contribution in [0.3, 0.4) is 0 Å². The van der Waals surface area contributed by atoms with Crippen molar-refractivity contribution in [3.05, 3.63) is 45.4 Å².